The first kappa shape index (κ1) is 14.4. The van der Waals surface area contributed by atoms with Gasteiger partial charge in [0.25, 0.3) is 0 Å². The fraction of sp³-hybridized carbons (Fsp3) is 0.500. The second kappa shape index (κ2) is 7.62. The Labute approximate surface area is 112 Å². The summed E-state index contributed by atoms with van der Waals surface area (Å²) < 4.78 is 1.03. The minimum absolute atomic E-state index is 0.315. The van der Waals surface area contributed by atoms with Crippen molar-refractivity contribution in [2.24, 2.45) is 0 Å². The van der Waals surface area contributed by atoms with Gasteiger partial charge in [0.2, 0.25) is 0 Å². The first-order chi connectivity index (χ1) is 8.15. The van der Waals surface area contributed by atoms with Crippen molar-refractivity contribution in [3.05, 3.63) is 34.3 Å². The molecule has 0 unspecified atom stereocenters. The molecule has 0 saturated heterocycles. The summed E-state index contributed by atoms with van der Waals surface area (Å²) in [6.45, 7) is 7.16. The van der Waals surface area contributed by atoms with Crippen LogP contribution in [0.2, 0.25) is 0 Å². The summed E-state index contributed by atoms with van der Waals surface area (Å²) in [5, 5.41) is 0. The lowest BCUT2D eigenvalue weighted by Crippen LogP contribution is -2.26. The second-order valence-corrected chi connectivity index (χ2v) is 5.04. The summed E-state index contributed by atoms with van der Waals surface area (Å²) in [5.74, 6) is 0.315. The molecule has 3 heteroatoms. The average molecular weight is 298 g/mol. The maximum Gasteiger partial charge on any atom is 0.138 e. The fourth-order valence-electron chi connectivity index (χ4n) is 1.79. The van der Waals surface area contributed by atoms with Crippen LogP contribution in [0.5, 0.6) is 0 Å². The van der Waals surface area contributed by atoms with E-state index >= 15 is 0 Å². The summed E-state index contributed by atoms with van der Waals surface area (Å²) in [6.07, 6.45) is 1.19. The quantitative estimate of drug-likeness (QED) is 0.770. The number of halogens is 1. The third kappa shape index (κ3) is 5.46. The molecular weight excluding hydrogens is 278 g/mol. The minimum atomic E-state index is 0.315. The van der Waals surface area contributed by atoms with E-state index in [4.69, 9.17) is 0 Å². The van der Waals surface area contributed by atoms with Gasteiger partial charge in [0.15, 0.2) is 0 Å². The molecule has 0 fully saturated rings. The van der Waals surface area contributed by atoms with Crippen LogP contribution in [0.3, 0.4) is 0 Å². The minimum Gasteiger partial charge on any atom is -0.303 e. The number of rotatable bonds is 7. The number of carbonyl (C=O) groups excluding carboxylic acids is 1. The number of benzene rings is 1. The van der Waals surface area contributed by atoms with Crippen LogP contribution < -0.4 is 0 Å². The van der Waals surface area contributed by atoms with E-state index in [0.717, 1.165) is 29.7 Å². The number of nitrogens with zero attached hydrogens (tertiary/aromatic N) is 1. The van der Waals surface area contributed by atoms with E-state index in [1.165, 1.54) is 0 Å². The van der Waals surface area contributed by atoms with E-state index in [0.29, 0.717) is 18.6 Å². The molecule has 94 valence electrons. The van der Waals surface area contributed by atoms with Gasteiger partial charge in [-0.05, 0) is 30.8 Å². The molecule has 1 aromatic rings. The first-order valence-corrected chi connectivity index (χ1v) is 6.93. The summed E-state index contributed by atoms with van der Waals surface area (Å²) in [7, 11) is 0. The molecule has 0 saturated carbocycles. The van der Waals surface area contributed by atoms with E-state index in [2.05, 4.69) is 34.7 Å². The van der Waals surface area contributed by atoms with Gasteiger partial charge in [0, 0.05) is 23.9 Å². The molecule has 0 spiro atoms. The van der Waals surface area contributed by atoms with Gasteiger partial charge in [-0.2, -0.15) is 0 Å². The van der Waals surface area contributed by atoms with Gasteiger partial charge in [0.05, 0.1) is 0 Å². The third-order valence-corrected chi connectivity index (χ3v) is 3.38. The molecule has 2 nitrogen and oxygen atoms in total. The highest BCUT2D eigenvalue weighted by atomic mass is 79.9. The van der Waals surface area contributed by atoms with E-state index in [9.17, 15) is 4.79 Å². The zero-order valence-corrected chi connectivity index (χ0v) is 12.2. The Kier molecular flexibility index (Phi) is 6.45. The van der Waals surface area contributed by atoms with Crippen LogP contribution in [0.15, 0.2) is 28.7 Å². The average Bonchev–Trinajstić information content (AvgIpc) is 2.30. The van der Waals surface area contributed by atoms with Crippen molar-refractivity contribution in [1.29, 1.82) is 0 Å². The van der Waals surface area contributed by atoms with Gasteiger partial charge < -0.3 is 4.90 Å². The number of hydrogen-bond donors (Lipinski definition) is 0. The molecular formula is C14H20BrNO. The summed E-state index contributed by atoms with van der Waals surface area (Å²) in [4.78, 5) is 14.1. The zero-order valence-electron chi connectivity index (χ0n) is 10.6. The molecule has 0 bridgehead atoms. The van der Waals surface area contributed by atoms with Crippen molar-refractivity contribution in [2.45, 2.75) is 26.7 Å². The third-order valence-electron chi connectivity index (χ3n) is 2.89. The molecule has 0 aliphatic carbocycles. The summed E-state index contributed by atoms with van der Waals surface area (Å²) in [5.41, 5.74) is 1.09. The number of Topliss-reactive ketones (excluding diaryl/α,β-unsaturated/α-hetero) is 1. The SMILES string of the molecule is CCN(CC)CCC(=O)Cc1cccc(Br)c1. The first-order valence-electron chi connectivity index (χ1n) is 6.14. The van der Waals surface area contributed by atoms with Crippen molar-refractivity contribution in [2.75, 3.05) is 19.6 Å². The van der Waals surface area contributed by atoms with Crippen molar-refractivity contribution < 1.29 is 4.79 Å². The van der Waals surface area contributed by atoms with Crippen LogP contribution in [0.25, 0.3) is 0 Å². The van der Waals surface area contributed by atoms with E-state index in [1.807, 2.05) is 24.3 Å². The van der Waals surface area contributed by atoms with Gasteiger partial charge >= 0.3 is 0 Å². The van der Waals surface area contributed by atoms with Crippen molar-refractivity contribution >= 4 is 21.7 Å². The molecule has 0 aliphatic rings. The Morgan fingerprint density at radius 1 is 1.29 bits per heavy atom. The maximum absolute atomic E-state index is 11.8. The molecule has 0 heterocycles. The topological polar surface area (TPSA) is 20.3 Å². The zero-order chi connectivity index (χ0) is 12.7. The van der Waals surface area contributed by atoms with Crippen LogP contribution in [0.1, 0.15) is 25.8 Å². The molecule has 1 rings (SSSR count). The van der Waals surface area contributed by atoms with E-state index in [1.54, 1.807) is 0 Å². The van der Waals surface area contributed by atoms with Crippen LogP contribution in [0, 0.1) is 0 Å². The Bertz CT molecular complexity index is 361. The highest BCUT2D eigenvalue weighted by molar-refractivity contribution is 9.10. The Balaban J connectivity index is 2.39. The second-order valence-electron chi connectivity index (χ2n) is 4.12. The summed E-state index contributed by atoms with van der Waals surface area (Å²) >= 11 is 3.42. The largest absolute Gasteiger partial charge is 0.303 e. The Morgan fingerprint density at radius 3 is 2.59 bits per heavy atom. The maximum atomic E-state index is 11.8. The van der Waals surface area contributed by atoms with Crippen molar-refractivity contribution in [3.63, 3.8) is 0 Å². The molecule has 17 heavy (non-hydrogen) atoms. The predicted octanol–water partition coefficient (Wildman–Crippen LogP) is 3.29. The summed E-state index contributed by atoms with van der Waals surface area (Å²) in [6, 6.07) is 7.95. The van der Waals surface area contributed by atoms with Crippen LogP contribution in [-0.2, 0) is 11.2 Å². The molecule has 0 radical (unpaired) electrons. The van der Waals surface area contributed by atoms with Gasteiger partial charge in [-0.1, -0.05) is 41.9 Å². The smallest absolute Gasteiger partial charge is 0.138 e. The molecule has 0 atom stereocenters. The highest BCUT2D eigenvalue weighted by Gasteiger charge is 2.06. The molecule has 1 aromatic carbocycles. The monoisotopic (exact) mass is 297 g/mol. The lowest BCUT2D eigenvalue weighted by Gasteiger charge is -2.17. The molecule has 0 aliphatic heterocycles. The number of carbonyl (C=O) groups is 1. The lowest BCUT2D eigenvalue weighted by molar-refractivity contribution is -0.118. The number of hydrogen-bond acceptors (Lipinski definition) is 2. The molecule has 0 aromatic heterocycles. The Hall–Kier alpha value is -0.670. The van der Waals surface area contributed by atoms with Gasteiger partial charge in [-0.15, -0.1) is 0 Å². The van der Waals surface area contributed by atoms with Gasteiger partial charge in [-0.25, -0.2) is 0 Å². The predicted molar refractivity (Wildman–Crippen MR) is 75.3 cm³/mol. The molecule has 0 N–H and O–H groups in total. The Morgan fingerprint density at radius 2 is 2.00 bits per heavy atom. The van der Waals surface area contributed by atoms with Gasteiger partial charge in [-0.3, -0.25) is 4.79 Å². The van der Waals surface area contributed by atoms with E-state index in [-0.39, 0.29) is 0 Å². The normalized spacial score (nSPS) is 10.8. The standard InChI is InChI=1S/C14H20BrNO/c1-3-16(4-2)9-8-14(17)11-12-6-5-7-13(15)10-12/h5-7,10H,3-4,8-9,11H2,1-2H3. The van der Waals surface area contributed by atoms with Crippen LogP contribution in [0.4, 0.5) is 0 Å². The number of ketones is 1. The van der Waals surface area contributed by atoms with E-state index < -0.39 is 0 Å². The fourth-order valence-corrected chi connectivity index (χ4v) is 2.23. The highest BCUT2D eigenvalue weighted by Crippen LogP contribution is 2.12. The van der Waals surface area contributed by atoms with Crippen LogP contribution in [-0.4, -0.2) is 30.3 Å². The lowest BCUT2D eigenvalue weighted by atomic mass is 10.1. The molecule has 0 amide bonds. The van der Waals surface area contributed by atoms with Crippen molar-refractivity contribution in [3.8, 4) is 0 Å². The van der Waals surface area contributed by atoms with Crippen LogP contribution >= 0.6 is 15.9 Å². The van der Waals surface area contributed by atoms with Crippen molar-refractivity contribution in [1.82, 2.24) is 4.90 Å². The van der Waals surface area contributed by atoms with Gasteiger partial charge in [0.1, 0.15) is 5.78 Å².